The number of carbonyl (C=O) groups is 1. The highest BCUT2D eigenvalue weighted by Gasteiger charge is 2.13. The molecule has 1 aliphatic rings. The predicted molar refractivity (Wildman–Crippen MR) is 121 cm³/mol. The number of benzene rings is 2. The van der Waals surface area contributed by atoms with Crippen molar-refractivity contribution in [3.8, 4) is 5.75 Å². The van der Waals surface area contributed by atoms with Gasteiger partial charge in [0.2, 0.25) is 0 Å². The maximum Gasteiger partial charge on any atom is 0.291 e. The molecule has 6 heteroatoms. The van der Waals surface area contributed by atoms with E-state index >= 15 is 0 Å². The summed E-state index contributed by atoms with van der Waals surface area (Å²) in [6, 6.07) is 19.0. The molecule has 2 heterocycles. The highest BCUT2D eigenvalue weighted by Crippen LogP contribution is 2.19. The molecule has 2 aromatic carbocycles. The van der Waals surface area contributed by atoms with Crippen molar-refractivity contribution in [1.82, 2.24) is 4.90 Å². The van der Waals surface area contributed by atoms with Crippen LogP contribution in [0, 0.1) is 0 Å². The van der Waals surface area contributed by atoms with Crippen molar-refractivity contribution in [2.24, 2.45) is 0 Å². The third-order valence-electron chi connectivity index (χ3n) is 5.15. The third kappa shape index (κ3) is 5.74. The van der Waals surface area contributed by atoms with Gasteiger partial charge in [0.1, 0.15) is 18.1 Å². The van der Waals surface area contributed by atoms with Crippen LogP contribution in [0.3, 0.4) is 0 Å². The van der Waals surface area contributed by atoms with Gasteiger partial charge in [-0.25, -0.2) is 0 Å². The first-order valence-electron chi connectivity index (χ1n) is 10.3. The lowest BCUT2D eigenvalue weighted by Gasteiger charge is -2.26. The van der Waals surface area contributed by atoms with Gasteiger partial charge in [-0.2, -0.15) is 0 Å². The molecule has 0 spiro atoms. The summed E-state index contributed by atoms with van der Waals surface area (Å²) >= 11 is 3.39. The smallest absolute Gasteiger partial charge is 0.291 e. The maximum atomic E-state index is 12.5. The van der Waals surface area contributed by atoms with Gasteiger partial charge < -0.3 is 14.5 Å². The average molecular weight is 469 g/mol. The van der Waals surface area contributed by atoms with Crippen LogP contribution in [0.25, 0.3) is 0 Å². The number of hydrogen-bond acceptors (Lipinski definition) is 4. The van der Waals surface area contributed by atoms with E-state index in [9.17, 15) is 4.79 Å². The summed E-state index contributed by atoms with van der Waals surface area (Å²) in [5, 5.41) is 2.89. The van der Waals surface area contributed by atoms with E-state index in [1.165, 1.54) is 37.9 Å². The molecule has 5 nitrogen and oxygen atoms in total. The van der Waals surface area contributed by atoms with E-state index in [2.05, 4.69) is 38.3 Å². The van der Waals surface area contributed by atoms with Gasteiger partial charge in [-0.3, -0.25) is 9.69 Å². The third-order valence-corrected chi connectivity index (χ3v) is 5.68. The van der Waals surface area contributed by atoms with Crippen molar-refractivity contribution in [3.05, 3.63) is 82.2 Å². The summed E-state index contributed by atoms with van der Waals surface area (Å²) in [6.45, 7) is 3.57. The van der Waals surface area contributed by atoms with Crippen LogP contribution in [-0.4, -0.2) is 23.9 Å². The Bertz CT molecular complexity index is 961. The lowest BCUT2D eigenvalue weighted by molar-refractivity contribution is 0.0992. The van der Waals surface area contributed by atoms with Crippen LogP contribution < -0.4 is 10.1 Å². The zero-order valence-electron chi connectivity index (χ0n) is 16.8. The second kappa shape index (κ2) is 9.96. The Balaban J connectivity index is 1.28. The number of halogens is 1. The number of ether oxygens (including phenoxy) is 1. The van der Waals surface area contributed by atoms with Crippen molar-refractivity contribution in [3.63, 3.8) is 0 Å². The van der Waals surface area contributed by atoms with Crippen LogP contribution in [0.5, 0.6) is 5.75 Å². The lowest BCUT2D eigenvalue weighted by atomic mass is 10.1. The van der Waals surface area contributed by atoms with Crippen LogP contribution in [0.2, 0.25) is 0 Å². The van der Waals surface area contributed by atoms with Crippen LogP contribution in [0.1, 0.15) is 41.1 Å². The summed E-state index contributed by atoms with van der Waals surface area (Å²) in [5.41, 5.74) is 2.02. The molecule has 0 bridgehead atoms. The molecule has 1 saturated heterocycles. The Labute approximate surface area is 185 Å². The van der Waals surface area contributed by atoms with Gasteiger partial charge in [-0.1, -0.05) is 34.5 Å². The molecule has 0 unspecified atom stereocenters. The van der Waals surface area contributed by atoms with E-state index in [1.54, 1.807) is 12.1 Å². The Morgan fingerprint density at radius 2 is 1.70 bits per heavy atom. The van der Waals surface area contributed by atoms with E-state index in [1.807, 2.05) is 36.4 Å². The van der Waals surface area contributed by atoms with Gasteiger partial charge in [-0.05, 0) is 80.0 Å². The molecule has 0 atom stereocenters. The van der Waals surface area contributed by atoms with E-state index < -0.39 is 0 Å². The van der Waals surface area contributed by atoms with Gasteiger partial charge in [0.05, 0.1) is 0 Å². The lowest BCUT2D eigenvalue weighted by Crippen LogP contribution is -2.29. The summed E-state index contributed by atoms with van der Waals surface area (Å²) in [7, 11) is 0. The number of carbonyl (C=O) groups excluding carboxylic acids is 1. The van der Waals surface area contributed by atoms with Crippen molar-refractivity contribution < 1.29 is 13.9 Å². The molecule has 1 N–H and O–H groups in total. The SMILES string of the molecule is O=C(Nc1ccc(CN2CCCCC2)cc1)c1ccc(COc2ccc(Br)cc2)o1. The number of nitrogens with zero attached hydrogens (tertiary/aromatic N) is 1. The Morgan fingerprint density at radius 3 is 2.43 bits per heavy atom. The quantitative estimate of drug-likeness (QED) is 0.471. The van der Waals surface area contributed by atoms with Crippen LogP contribution in [0.4, 0.5) is 5.69 Å². The number of hydrogen-bond donors (Lipinski definition) is 1. The number of piperidine rings is 1. The van der Waals surface area contributed by atoms with E-state index in [4.69, 9.17) is 9.15 Å². The minimum atomic E-state index is -0.270. The molecule has 1 aromatic heterocycles. The Hall–Kier alpha value is -2.57. The number of likely N-dealkylation sites (tertiary alicyclic amines) is 1. The van der Waals surface area contributed by atoms with Gasteiger partial charge in [0.15, 0.2) is 5.76 Å². The van der Waals surface area contributed by atoms with Crippen LogP contribution >= 0.6 is 15.9 Å². The maximum absolute atomic E-state index is 12.5. The molecule has 1 aliphatic heterocycles. The topological polar surface area (TPSA) is 54.7 Å². The molecule has 4 rings (SSSR count). The van der Waals surface area contributed by atoms with E-state index in [0.29, 0.717) is 5.76 Å². The average Bonchev–Trinajstić information content (AvgIpc) is 3.25. The van der Waals surface area contributed by atoms with Gasteiger partial charge >= 0.3 is 0 Å². The second-order valence-corrected chi connectivity index (χ2v) is 8.41. The fourth-order valence-electron chi connectivity index (χ4n) is 3.52. The number of rotatable bonds is 7. The van der Waals surface area contributed by atoms with Gasteiger partial charge in [0.25, 0.3) is 5.91 Å². The van der Waals surface area contributed by atoms with Gasteiger partial charge in [0, 0.05) is 16.7 Å². The normalized spacial score (nSPS) is 14.4. The molecule has 0 saturated carbocycles. The van der Waals surface area contributed by atoms with E-state index in [0.717, 1.165) is 22.5 Å². The highest BCUT2D eigenvalue weighted by atomic mass is 79.9. The van der Waals surface area contributed by atoms with Crippen LogP contribution in [0.15, 0.2) is 69.6 Å². The molecule has 156 valence electrons. The van der Waals surface area contributed by atoms with Gasteiger partial charge in [-0.15, -0.1) is 0 Å². The minimum Gasteiger partial charge on any atom is -0.486 e. The Kier molecular flexibility index (Phi) is 6.87. The van der Waals surface area contributed by atoms with Crippen molar-refractivity contribution in [2.75, 3.05) is 18.4 Å². The summed E-state index contributed by atoms with van der Waals surface area (Å²) in [6.07, 6.45) is 3.91. The summed E-state index contributed by atoms with van der Waals surface area (Å²) in [5.74, 6) is 1.33. The fourth-order valence-corrected chi connectivity index (χ4v) is 3.79. The zero-order valence-corrected chi connectivity index (χ0v) is 18.4. The predicted octanol–water partition coefficient (Wildman–Crippen LogP) is 5.86. The van der Waals surface area contributed by atoms with E-state index in [-0.39, 0.29) is 18.3 Å². The molecule has 1 amide bonds. The monoisotopic (exact) mass is 468 g/mol. The highest BCUT2D eigenvalue weighted by molar-refractivity contribution is 9.10. The Morgan fingerprint density at radius 1 is 0.967 bits per heavy atom. The fraction of sp³-hybridized carbons (Fsp3) is 0.292. The largest absolute Gasteiger partial charge is 0.486 e. The molecular formula is C24H25BrN2O3. The van der Waals surface area contributed by atoms with Crippen molar-refractivity contribution in [1.29, 1.82) is 0 Å². The standard InChI is InChI=1S/C24H25BrN2O3/c25-19-6-10-21(11-7-19)29-17-22-12-13-23(30-22)24(28)26-20-8-4-18(5-9-20)16-27-14-2-1-3-15-27/h4-13H,1-3,14-17H2,(H,26,28). The molecule has 1 fully saturated rings. The van der Waals surface area contributed by atoms with Crippen molar-refractivity contribution >= 4 is 27.5 Å². The number of nitrogens with one attached hydrogen (secondary N) is 1. The number of amides is 1. The molecule has 0 aliphatic carbocycles. The van der Waals surface area contributed by atoms with Crippen LogP contribution in [-0.2, 0) is 13.2 Å². The first-order chi connectivity index (χ1) is 14.7. The first-order valence-corrected chi connectivity index (χ1v) is 11.0. The summed E-state index contributed by atoms with van der Waals surface area (Å²) < 4.78 is 12.3. The number of anilines is 1. The summed E-state index contributed by atoms with van der Waals surface area (Å²) in [4.78, 5) is 15.0. The molecule has 3 aromatic rings. The zero-order chi connectivity index (χ0) is 20.8. The number of furan rings is 1. The molecular weight excluding hydrogens is 444 g/mol. The second-order valence-electron chi connectivity index (χ2n) is 7.50. The molecule has 0 radical (unpaired) electrons. The molecule has 30 heavy (non-hydrogen) atoms. The first kappa shape index (κ1) is 20.7. The minimum absolute atomic E-state index is 0.264. The van der Waals surface area contributed by atoms with Crippen molar-refractivity contribution in [2.45, 2.75) is 32.4 Å².